The van der Waals surface area contributed by atoms with E-state index in [4.69, 9.17) is 0 Å². The van der Waals surface area contributed by atoms with Gasteiger partial charge in [0, 0.05) is 34.1 Å². The topological polar surface area (TPSA) is 6.48 Å². The summed E-state index contributed by atoms with van der Waals surface area (Å²) in [6.45, 7) is 8.54. The lowest BCUT2D eigenvalue weighted by Crippen LogP contribution is -2.10. The van der Waals surface area contributed by atoms with E-state index in [0.717, 1.165) is 34.1 Å². The summed E-state index contributed by atoms with van der Waals surface area (Å²) in [5.41, 5.74) is 19.0. The van der Waals surface area contributed by atoms with Crippen LogP contribution in [0.4, 0.5) is 34.1 Å². The summed E-state index contributed by atoms with van der Waals surface area (Å²) in [5.74, 6) is 0. The average Bonchev–Trinajstić information content (AvgIpc) is 3.23. The van der Waals surface area contributed by atoms with E-state index in [1.165, 1.54) is 55.6 Å². The van der Waals surface area contributed by atoms with Crippen molar-refractivity contribution in [2.45, 2.75) is 27.7 Å². The van der Waals surface area contributed by atoms with Crippen molar-refractivity contribution in [1.82, 2.24) is 0 Å². The molecule has 0 saturated heterocycles. The van der Waals surface area contributed by atoms with Crippen LogP contribution < -0.4 is 9.80 Å². The Morgan fingerprint density at radius 1 is 0.268 bits per heavy atom. The summed E-state index contributed by atoms with van der Waals surface area (Å²) >= 11 is 0. The molecule has 0 heterocycles. The summed E-state index contributed by atoms with van der Waals surface area (Å²) in [6, 6.07) is 70.2. The van der Waals surface area contributed by atoms with Crippen molar-refractivity contribution in [3.05, 3.63) is 228 Å². The van der Waals surface area contributed by atoms with Crippen LogP contribution in [0.2, 0.25) is 0 Å². The van der Waals surface area contributed by atoms with Crippen LogP contribution in [0.1, 0.15) is 33.4 Å². The fourth-order valence-corrected chi connectivity index (χ4v) is 7.19. The summed E-state index contributed by atoms with van der Waals surface area (Å²) in [6.07, 6.45) is 4.37. The molecule has 8 aromatic rings. The molecular weight excluding hydrogens is 677 g/mol. The minimum Gasteiger partial charge on any atom is -0.310 e. The lowest BCUT2D eigenvalue weighted by molar-refractivity contribution is 1.26. The highest BCUT2D eigenvalue weighted by Crippen LogP contribution is 2.38. The van der Waals surface area contributed by atoms with Crippen molar-refractivity contribution in [2.24, 2.45) is 0 Å². The summed E-state index contributed by atoms with van der Waals surface area (Å²) in [5, 5.41) is 0. The molecule has 0 spiro atoms. The highest BCUT2D eigenvalue weighted by molar-refractivity contribution is 5.81. The number of nitrogens with zero attached hydrogens (tertiary/aromatic N) is 2. The van der Waals surface area contributed by atoms with Crippen molar-refractivity contribution in [3.63, 3.8) is 0 Å². The first-order chi connectivity index (χ1) is 27.4. The van der Waals surface area contributed by atoms with Crippen molar-refractivity contribution in [1.29, 1.82) is 0 Å². The number of hydrogen-bond donors (Lipinski definition) is 0. The molecule has 8 rings (SSSR count). The third-order valence-corrected chi connectivity index (χ3v) is 10.3. The zero-order valence-electron chi connectivity index (χ0n) is 32.5. The first-order valence-corrected chi connectivity index (χ1v) is 19.3. The molecule has 0 N–H and O–H groups in total. The number of rotatable bonds is 10. The van der Waals surface area contributed by atoms with Crippen molar-refractivity contribution in [3.8, 4) is 22.3 Å². The van der Waals surface area contributed by atoms with Gasteiger partial charge in [-0.2, -0.15) is 0 Å². The van der Waals surface area contributed by atoms with Gasteiger partial charge in [-0.15, -0.1) is 0 Å². The second kappa shape index (κ2) is 16.2. The van der Waals surface area contributed by atoms with E-state index in [9.17, 15) is 0 Å². The average molecular weight is 723 g/mol. The normalized spacial score (nSPS) is 11.1. The molecule has 0 unspecified atom stereocenters. The Labute approximate surface area is 332 Å². The van der Waals surface area contributed by atoms with E-state index < -0.39 is 0 Å². The van der Waals surface area contributed by atoms with Crippen molar-refractivity contribution < 1.29 is 0 Å². The second-order valence-electron chi connectivity index (χ2n) is 14.7. The zero-order valence-corrected chi connectivity index (χ0v) is 32.5. The van der Waals surface area contributed by atoms with Crippen LogP contribution in [-0.4, -0.2) is 0 Å². The van der Waals surface area contributed by atoms with E-state index in [1.54, 1.807) is 0 Å². The first-order valence-electron chi connectivity index (χ1n) is 19.3. The predicted octanol–water partition coefficient (Wildman–Crippen LogP) is 15.4. The molecule has 0 radical (unpaired) electrons. The minimum absolute atomic E-state index is 1.13. The fraction of sp³-hybridized carbons (Fsp3) is 0.0741. The van der Waals surface area contributed by atoms with Crippen molar-refractivity contribution >= 4 is 46.3 Å². The standard InChI is InChI=1S/C54H46N2/c1-39-11-29-49(30-12-39)55(53-9-5-7-41(3)37-53)51-33-25-47(26-34-51)45-21-17-43(18-22-45)15-16-44-19-23-46(24-20-44)48-27-35-52(36-28-48)56(50-31-13-40(2)14-32-50)54-10-6-8-42(4)38-54/h5-38H,1-4H3. The predicted molar refractivity (Wildman–Crippen MR) is 241 cm³/mol. The van der Waals surface area contributed by atoms with Gasteiger partial charge in [0.2, 0.25) is 0 Å². The molecule has 0 bridgehead atoms. The van der Waals surface area contributed by atoms with Crippen LogP contribution >= 0.6 is 0 Å². The SMILES string of the molecule is Cc1ccc(N(c2ccc(-c3ccc(C=Cc4ccc(-c5ccc(N(c6ccc(C)cc6)c6cccc(C)c6)cc5)cc4)cc3)cc2)c2cccc(C)c2)cc1. The quantitative estimate of drug-likeness (QED) is 0.130. The van der Waals surface area contributed by atoms with E-state index in [0.29, 0.717) is 0 Å². The summed E-state index contributed by atoms with van der Waals surface area (Å²) in [4.78, 5) is 4.64. The van der Waals surface area contributed by atoms with Crippen LogP contribution in [0, 0.1) is 27.7 Å². The Kier molecular flexibility index (Phi) is 10.5. The Morgan fingerprint density at radius 3 is 0.857 bits per heavy atom. The van der Waals surface area contributed by atoms with Gasteiger partial charge in [0.25, 0.3) is 0 Å². The maximum absolute atomic E-state index is 2.32. The van der Waals surface area contributed by atoms with Crippen LogP contribution in [0.15, 0.2) is 194 Å². The first kappa shape index (κ1) is 36.1. The molecule has 0 saturated carbocycles. The lowest BCUT2D eigenvalue weighted by atomic mass is 10.0. The molecular formula is C54H46N2. The van der Waals surface area contributed by atoms with E-state index in [1.807, 2.05) is 0 Å². The molecule has 0 fully saturated rings. The van der Waals surface area contributed by atoms with Gasteiger partial charge in [-0.25, -0.2) is 0 Å². The summed E-state index contributed by atoms with van der Waals surface area (Å²) < 4.78 is 0. The maximum atomic E-state index is 2.32. The molecule has 0 aliphatic carbocycles. The molecule has 0 aliphatic rings. The molecule has 2 heteroatoms. The largest absolute Gasteiger partial charge is 0.310 e. The highest BCUT2D eigenvalue weighted by Gasteiger charge is 2.14. The third kappa shape index (κ3) is 8.26. The molecule has 0 aliphatic heterocycles. The Morgan fingerprint density at radius 2 is 0.554 bits per heavy atom. The molecule has 0 amide bonds. The number of aryl methyl sites for hydroxylation is 4. The van der Waals surface area contributed by atoms with Gasteiger partial charge in [-0.1, -0.05) is 145 Å². The maximum Gasteiger partial charge on any atom is 0.0464 e. The molecule has 2 nitrogen and oxygen atoms in total. The number of anilines is 6. The van der Waals surface area contributed by atoms with Crippen LogP contribution in [0.3, 0.4) is 0 Å². The third-order valence-electron chi connectivity index (χ3n) is 10.3. The van der Waals surface area contributed by atoms with Crippen LogP contribution in [0.25, 0.3) is 34.4 Å². The number of benzene rings is 8. The van der Waals surface area contributed by atoms with Gasteiger partial charge in [-0.3, -0.25) is 0 Å². The summed E-state index contributed by atoms with van der Waals surface area (Å²) in [7, 11) is 0. The van der Waals surface area contributed by atoms with Gasteiger partial charge >= 0.3 is 0 Å². The fourth-order valence-electron chi connectivity index (χ4n) is 7.19. The van der Waals surface area contributed by atoms with Crippen LogP contribution in [-0.2, 0) is 0 Å². The van der Waals surface area contributed by atoms with Crippen LogP contribution in [0.5, 0.6) is 0 Å². The lowest BCUT2D eigenvalue weighted by Gasteiger charge is -2.26. The van der Waals surface area contributed by atoms with E-state index in [-0.39, 0.29) is 0 Å². The number of hydrogen-bond acceptors (Lipinski definition) is 2. The molecule has 0 atom stereocenters. The smallest absolute Gasteiger partial charge is 0.0464 e. The van der Waals surface area contributed by atoms with E-state index >= 15 is 0 Å². The van der Waals surface area contributed by atoms with Gasteiger partial charge in [0.15, 0.2) is 0 Å². The Bertz CT molecular complexity index is 2380. The molecule has 8 aromatic carbocycles. The zero-order chi connectivity index (χ0) is 38.4. The molecule has 272 valence electrons. The molecule has 0 aromatic heterocycles. The minimum atomic E-state index is 1.13. The molecule has 56 heavy (non-hydrogen) atoms. The van der Waals surface area contributed by atoms with Crippen molar-refractivity contribution in [2.75, 3.05) is 9.80 Å². The Balaban J connectivity index is 0.946. The van der Waals surface area contributed by atoms with Gasteiger partial charge in [-0.05, 0) is 145 Å². The highest BCUT2D eigenvalue weighted by atomic mass is 15.1. The van der Waals surface area contributed by atoms with Gasteiger partial charge in [0.1, 0.15) is 0 Å². The van der Waals surface area contributed by atoms with Gasteiger partial charge in [0.05, 0.1) is 0 Å². The van der Waals surface area contributed by atoms with E-state index in [2.05, 4.69) is 244 Å². The van der Waals surface area contributed by atoms with Gasteiger partial charge < -0.3 is 9.80 Å². The second-order valence-corrected chi connectivity index (χ2v) is 14.7. The monoisotopic (exact) mass is 722 g/mol. The Hall–Kier alpha value is -6.90.